The van der Waals surface area contributed by atoms with Gasteiger partial charge >= 0.3 is 0 Å². The zero-order valence-corrected chi connectivity index (χ0v) is 12.8. The number of nitrogens with one attached hydrogen (secondary N) is 3. The number of rotatable bonds is 0. The third-order valence-electron chi connectivity index (χ3n) is 4.06. The molecule has 0 radical (unpaired) electrons. The molecule has 24 heavy (non-hydrogen) atoms. The van der Waals surface area contributed by atoms with Crippen LogP contribution >= 0.6 is 0 Å². The molecule has 0 aromatic carbocycles. The van der Waals surface area contributed by atoms with Crippen LogP contribution in [0.2, 0.25) is 0 Å². The van der Waals surface area contributed by atoms with E-state index in [1.165, 1.54) is 0 Å². The molecule has 0 fully saturated rings. The number of hydrogen-bond acceptors (Lipinski definition) is 1. The van der Waals surface area contributed by atoms with E-state index in [0.717, 1.165) is 44.3 Å². The van der Waals surface area contributed by atoms with Gasteiger partial charge in [-0.2, -0.15) is 0 Å². The van der Waals surface area contributed by atoms with Crippen LogP contribution in [0.25, 0.3) is 24.3 Å². The van der Waals surface area contributed by atoms with E-state index in [-0.39, 0.29) is 0 Å². The van der Waals surface area contributed by atoms with Crippen molar-refractivity contribution in [1.29, 1.82) is 0 Å². The fraction of sp³-hybridized carbons (Fsp3) is 0. The second-order valence-corrected chi connectivity index (χ2v) is 5.92. The highest BCUT2D eigenvalue weighted by molar-refractivity contribution is 5.54. The number of H-pyrrole nitrogens is 3. The van der Waals surface area contributed by atoms with Gasteiger partial charge in [0.25, 0.3) is 0 Å². The predicted octanol–water partition coefficient (Wildman–Crippen LogP) is 0.892. The van der Waals surface area contributed by atoms with Crippen molar-refractivity contribution in [2.24, 2.45) is 0 Å². The van der Waals surface area contributed by atoms with Gasteiger partial charge in [-0.15, -0.1) is 0 Å². The van der Waals surface area contributed by atoms with Crippen LogP contribution < -0.4 is 21.5 Å². The molecular weight excluding hydrogens is 298 g/mol. The molecule has 0 atom stereocenters. The van der Waals surface area contributed by atoms with E-state index in [0.29, 0.717) is 0 Å². The van der Waals surface area contributed by atoms with E-state index >= 15 is 0 Å². The van der Waals surface area contributed by atoms with Crippen LogP contribution in [-0.2, 0) is 0 Å². The van der Waals surface area contributed by atoms with E-state index in [4.69, 9.17) is 4.42 Å². The summed E-state index contributed by atoms with van der Waals surface area (Å²) in [6, 6.07) is 16.3. The van der Waals surface area contributed by atoms with Crippen molar-refractivity contribution in [3.63, 3.8) is 0 Å². The van der Waals surface area contributed by atoms with Crippen molar-refractivity contribution in [2.45, 2.75) is 0 Å². The summed E-state index contributed by atoms with van der Waals surface area (Å²) < 4.78 is 5.87. The number of fused-ring (bicyclic) bond motifs is 8. The molecule has 1 aliphatic rings. The van der Waals surface area contributed by atoms with Gasteiger partial charge in [-0.3, -0.25) is 0 Å². The first-order chi connectivity index (χ1) is 11.8. The molecule has 4 aromatic heterocycles. The largest absolute Gasteiger partial charge is 0.457 e. The Morgan fingerprint density at radius 3 is 1.42 bits per heavy atom. The molecule has 4 nitrogen and oxygen atoms in total. The Bertz CT molecular complexity index is 1070. The Hall–Kier alpha value is -3.40. The summed E-state index contributed by atoms with van der Waals surface area (Å²) in [4.78, 5) is 10.2. The summed E-state index contributed by atoms with van der Waals surface area (Å²) in [6.45, 7) is 0. The summed E-state index contributed by atoms with van der Waals surface area (Å²) in [5.41, 5.74) is 5.75. The minimum Gasteiger partial charge on any atom is -0.457 e. The molecule has 4 aromatic rings. The highest BCUT2D eigenvalue weighted by Crippen LogP contribution is 2.04. The highest BCUT2D eigenvalue weighted by Gasteiger charge is 1.98. The molecule has 0 saturated heterocycles. The SMILES string of the molecule is C1=c2ccc([nH]2)=Cc2ccc([nH]2)C=c2ccc(o2)=Cc2ccc1[nH]2. The molecule has 0 unspecified atom stereocenters. The highest BCUT2D eigenvalue weighted by atomic mass is 16.3. The average Bonchev–Trinajstić information content (AvgIpc) is 3.32. The van der Waals surface area contributed by atoms with Gasteiger partial charge in [-0.1, -0.05) is 0 Å². The molecule has 4 heteroatoms. The molecule has 5 rings (SSSR count). The van der Waals surface area contributed by atoms with Crippen LogP contribution in [0.3, 0.4) is 0 Å². The van der Waals surface area contributed by atoms with Crippen LogP contribution in [0, 0.1) is 0 Å². The molecule has 0 spiro atoms. The molecular formula is C20H15N3O. The first-order valence-corrected chi connectivity index (χ1v) is 7.86. The van der Waals surface area contributed by atoms with E-state index in [2.05, 4.69) is 51.4 Å². The summed E-state index contributed by atoms with van der Waals surface area (Å²) in [7, 11) is 0. The normalized spacial score (nSPS) is 12.7. The van der Waals surface area contributed by atoms with Crippen LogP contribution in [-0.4, -0.2) is 15.0 Å². The summed E-state index contributed by atoms with van der Waals surface area (Å²) in [5, 5.41) is 2.11. The van der Waals surface area contributed by atoms with Crippen molar-refractivity contribution in [1.82, 2.24) is 15.0 Å². The van der Waals surface area contributed by atoms with Crippen molar-refractivity contribution < 1.29 is 4.42 Å². The maximum absolute atomic E-state index is 5.87. The molecule has 1 aliphatic heterocycles. The Balaban J connectivity index is 1.79. The molecule has 0 saturated carbocycles. The Labute approximate surface area is 137 Å². The minimum atomic E-state index is 0.822. The van der Waals surface area contributed by atoms with Crippen LogP contribution in [0.5, 0.6) is 0 Å². The smallest absolute Gasteiger partial charge is 0.129 e. The molecule has 3 N–H and O–H groups in total. The lowest BCUT2D eigenvalue weighted by molar-refractivity contribution is 0.502. The molecule has 116 valence electrons. The molecule has 0 aliphatic carbocycles. The second kappa shape index (κ2) is 5.06. The van der Waals surface area contributed by atoms with Gasteiger partial charge in [-0.25, -0.2) is 0 Å². The van der Waals surface area contributed by atoms with Gasteiger partial charge in [0, 0.05) is 45.6 Å². The van der Waals surface area contributed by atoms with Gasteiger partial charge in [0.15, 0.2) is 0 Å². The van der Waals surface area contributed by atoms with E-state index in [1.54, 1.807) is 0 Å². The number of furan rings is 1. The third kappa shape index (κ3) is 2.44. The van der Waals surface area contributed by atoms with Crippen LogP contribution in [0.4, 0.5) is 0 Å². The van der Waals surface area contributed by atoms with Crippen molar-refractivity contribution in [3.05, 3.63) is 92.8 Å². The van der Waals surface area contributed by atoms with Crippen LogP contribution in [0.1, 0.15) is 22.8 Å². The van der Waals surface area contributed by atoms with Crippen molar-refractivity contribution in [2.75, 3.05) is 0 Å². The van der Waals surface area contributed by atoms with Crippen LogP contribution in [0.15, 0.2) is 52.9 Å². The molecule has 8 bridgehead atoms. The maximum atomic E-state index is 5.87. The Morgan fingerprint density at radius 2 is 0.917 bits per heavy atom. The Kier molecular flexibility index (Phi) is 2.76. The lowest BCUT2D eigenvalue weighted by atomic mass is 10.3. The predicted molar refractivity (Wildman–Crippen MR) is 93.9 cm³/mol. The average molecular weight is 313 g/mol. The molecule has 0 amide bonds. The zero-order valence-electron chi connectivity index (χ0n) is 12.8. The first kappa shape index (κ1) is 13.1. The van der Waals surface area contributed by atoms with Gasteiger partial charge in [0.05, 0.1) is 0 Å². The number of aromatic nitrogens is 3. The van der Waals surface area contributed by atoms with Gasteiger partial charge in [0.1, 0.15) is 10.8 Å². The Morgan fingerprint density at radius 1 is 0.458 bits per heavy atom. The number of hydrogen-bond donors (Lipinski definition) is 3. The summed E-state index contributed by atoms with van der Waals surface area (Å²) in [6.07, 6.45) is 8.16. The monoisotopic (exact) mass is 313 g/mol. The van der Waals surface area contributed by atoms with E-state index in [1.807, 2.05) is 36.4 Å². The standard InChI is InChI=1S/C20H15N3O/c1-2-14-10-16-4-6-18(23-16)12-20-8-7-19(24-20)11-17-5-3-15(22-17)9-13(1)21-14/h1-12,21-23H. The quantitative estimate of drug-likeness (QED) is 0.391. The topological polar surface area (TPSA) is 60.5 Å². The van der Waals surface area contributed by atoms with Gasteiger partial charge in [-0.05, 0) is 60.7 Å². The van der Waals surface area contributed by atoms with Crippen molar-refractivity contribution >= 4 is 24.3 Å². The van der Waals surface area contributed by atoms with Crippen molar-refractivity contribution in [3.8, 4) is 0 Å². The molecule has 5 heterocycles. The second-order valence-electron chi connectivity index (χ2n) is 5.92. The lowest BCUT2D eigenvalue weighted by Crippen LogP contribution is -2.09. The fourth-order valence-electron chi connectivity index (χ4n) is 2.96. The number of aromatic amines is 3. The summed E-state index contributed by atoms with van der Waals surface area (Å²) in [5.74, 6) is 0. The maximum Gasteiger partial charge on any atom is 0.129 e. The van der Waals surface area contributed by atoms with Gasteiger partial charge < -0.3 is 19.4 Å². The third-order valence-corrected chi connectivity index (χ3v) is 4.06. The fourth-order valence-corrected chi connectivity index (χ4v) is 2.96. The minimum absolute atomic E-state index is 0.822. The summed E-state index contributed by atoms with van der Waals surface area (Å²) >= 11 is 0. The van der Waals surface area contributed by atoms with E-state index in [9.17, 15) is 0 Å². The van der Waals surface area contributed by atoms with Gasteiger partial charge in [0.2, 0.25) is 0 Å². The zero-order chi connectivity index (χ0) is 15.9. The van der Waals surface area contributed by atoms with E-state index < -0.39 is 0 Å². The first-order valence-electron chi connectivity index (χ1n) is 7.86. The lowest BCUT2D eigenvalue weighted by Gasteiger charge is -1.88.